The molecule has 1 atom stereocenters. The van der Waals surface area contributed by atoms with Crippen LogP contribution in [0.15, 0.2) is 42.5 Å². The lowest BCUT2D eigenvalue weighted by Gasteiger charge is -2.33. The summed E-state index contributed by atoms with van der Waals surface area (Å²) in [5, 5.41) is 3.41. The van der Waals surface area contributed by atoms with Gasteiger partial charge in [0.1, 0.15) is 24.1 Å². The lowest BCUT2D eigenvalue weighted by atomic mass is 10.1. The quantitative estimate of drug-likeness (QED) is 0.496. The Morgan fingerprint density at radius 3 is 2.17 bits per heavy atom. The van der Waals surface area contributed by atoms with E-state index < -0.39 is 34.1 Å². The number of benzene rings is 2. The fourth-order valence-electron chi connectivity index (χ4n) is 3.43. The Kier molecular flexibility index (Phi) is 9.62. The van der Waals surface area contributed by atoms with E-state index in [9.17, 15) is 18.0 Å². The molecule has 9 nitrogen and oxygen atoms in total. The predicted molar refractivity (Wildman–Crippen MR) is 141 cm³/mol. The molecule has 198 valence electrons. The topological polar surface area (TPSA) is 105 Å². The minimum absolute atomic E-state index is 0.0755. The highest BCUT2D eigenvalue weighted by Crippen LogP contribution is 2.33. The highest BCUT2D eigenvalue weighted by Gasteiger charge is 2.32. The second-order valence-electron chi connectivity index (χ2n) is 9.37. The monoisotopic (exact) mass is 539 g/mol. The second kappa shape index (κ2) is 11.8. The first-order valence-corrected chi connectivity index (χ1v) is 13.4. The Bertz CT molecular complexity index is 1180. The number of halogens is 1. The molecule has 0 aromatic heterocycles. The Morgan fingerprint density at radius 2 is 1.67 bits per heavy atom. The molecular formula is C25H34ClN3O6S. The summed E-state index contributed by atoms with van der Waals surface area (Å²) in [7, 11) is -1.03. The maximum absolute atomic E-state index is 13.6. The van der Waals surface area contributed by atoms with E-state index >= 15 is 0 Å². The standard InChI is InChI=1S/C25H34ClN3O6S/c1-17(24(31)27-25(2,3)4)28(15-18-8-10-19(26)11-9-18)23(30)16-29(36(7,32)33)21-13-12-20(34-5)14-22(21)35-6/h8-14,17H,15-16H2,1-7H3,(H,27,31). The smallest absolute Gasteiger partial charge is 0.244 e. The van der Waals surface area contributed by atoms with Crippen LogP contribution < -0.4 is 19.1 Å². The van der Waals surface area contributed by atoms with Crippen LogP contribution in [0.25, 0.3) is 0 Å². The highest BCUT2D eigenvalue weighted by atomic mass is 35.5. The van der Waals surface area contributed by atoms with Gasteiger partial charge in [-0.2, -0.15) is 0 Å². The van der Waals surface area contributed by atoms with Crippen LogP contribution in [0, 0.1) is 0 Å². The zero-order valence-corrected chi connectivity index (χ0v) is 23.2. The highest BCUT2D eigenvalue weighted by molar-refractivity contribution is 7.92. The zero-order valence-electron chi connectivity index (χ0n) is 21.7. The maximum Gasteiger partial charge on any atom is 0.244 e. The van der Waals surface area contributed by atoms with E-state index in [1.54, 1.807) is 37.3 Å². The zero-order chi connectivity index (χ0) is 27.3. The first kappa shape index (κ1) is 29.3. The number of carbonyl (C=O) groups is 2. The van der Waals surface area contributed by atoms with Gasteiger partial charge in [-0.1, -0.05) is 23.7 Å². The average Bonchev–Trinajstić information content (AvgIpc) is 2.79. The lowest BCUT2D eigenvalue weighted by Crippen LogP contribution is -2.54. The van der Waals surface area contributed by atoms with Gasteiger partial charge in [0.25, 0.3) is 0 Å². The predicted octanol–water partition coefficient (Wildman–Crippen LogP) is 3.46. The van der Waals surface area contributed by atoms with Crippen molar-refractivity contribution in [3.8, 4) is 11.5 Å². The third kappa shape index (κ3) is 8.03. The van der Waals surface area contributed by atoms with Crippen molar-refractivity contribution in [2.75, 3.05) is 31.3 Å². The fourth-order valence-corrected chi connectivity index (χ4v) is 4.41. The number of sulfonamides is 1. The number of hydrogen-bond acceptors (Lipinski definition) is 6. The van der Waals surface area contributed by atoms with Gasteiger partial charge in [0.15, 0.2) is 0 Å². The number of anilines is 1. The molecule has 1 N–H and O–H groups in total. The molecule has 11 heteroatoms. The number of amides is 2. The molecule has 0 bridgehead atoms. The second-order valence-corrected chi connectivity index (χ2v) is 11.7. The van der Waals surface area contributed by atoms with Crippen molar-refractivity contribution >= 4 is 39.1 Å². The average molecular weight is 540 g/mol. The molecule has 2 aromatic carbocycles. The number of carbonyl (C=O) groups excluding carboxylic acids is 2. The van der Waals surface area contributed by atoms with E-state index in [1.165, 1.54) is 31.3 Å². The first-order chi connectivity index (χ1) is 16.7. The Labute approximate surface area is 218 Å². The van der Waals surface area contributed by atoms with E-state index in [0.717, 1.165) is 16.1 Å². The summed E-state index contributed by atoms with van der Waals surface area (Å²) in [6, 6.07) is 10.6. The van der Waals surface area contributed by atoms with E-state index in [1.807, 2.05) is 20.8 Å². The Hall–Kier alpha value is -2.98. The molecule has 0 aliphatic carbocycles. The Balaban J connectivity index is 2.47. The molecule has 2 amide bonds. The maximum atomic E-state index is 13.6. The minimum Gasteiger partial charge on any atom is -0.497 e. The molecule has 0 heterocycles. The molecule has 0 radical (unpaired) electrons. The SMILES string of the molecule is COc1ccc(N(CC(=O)N(Cc2ccc(Cl)cc2)C(C)C(=O)NC(C)(C)C)S(C)(=O)=O)c(OC)c1. The molecule has 2 rings (SSSR count). The summed E-state index contributed by atoms with van der Waals surface area (Å²) < 4.78 is 37.1. The molecule has 36 heavy (non-hydrogen) atoms. The van der Waals surface area contributed by atoms with Gasteiger partial charge in [-0.15, -0.1) is 0 Å². The first-order valence-electron chi connectivity index (χ1n) is 11.2. The van der Waals surface area contributed by atoms with Gasteiger partial charge in [-0.3, -0.25) is 13.9 Å². The molecular weight excluding hydrogens is 506 g/mol. The van der Waals surface area contributed by atoms with Crippen molar-refractivity contribution in [2.45, 2.75) is 45.8 Å². The molecule has 1 unspecified atom stereocenters. The van der Waals surface area contributed by atoms with Gasteiger partial charge >= 0.3 is 0 Å². The van der Waals surface area contributed by atoms with E-state index in [2.05, 4.69) is 5.32 Å². The number of nitrogens with zero attached hydrogens (tertiary/aromatic N) is 2. The minimum atomic E-state index is -3.90. The third-order valence-electron chi connectivity index (χ3n) is 5.27. The fraction of sp³-hybridized carbons (Fsp3) is 0.440. The van der Waals surface area contributed by atoms with Crippen molar-refractivity contribution in [3.63, 3.8) is 0 Å². The van der Waals surface area contributed by atoms with Gasteiger partial charge < -0.3 is 19.7 Å². The summed E-state index contributed by atoms with van der Waals surface area (Å²) in [5.74, 6) is -0.245. The lowest BCUT2D eigenvalue weighted by molar-refractivity contribution is -0.140. The van der Waals surface area contributed by atoms with Gasteiger partial charge in [-0.05, 0) is 57.5 Å². The number of methoxy groups -OCH3 is 2. The largest absolute Gasteiger partial charge is 0.497 e. The van der Waals surface area contributed by atoms with Crippen LogP contribution in [-0.4, -0.2) is 63.7 Å². The van der Waals surface area contributed by atoms with Crippen LogP contribution in [0.5, 0.6) is 11.5 Å². The van der Waals surface area contributed by atoms with Gasteiger partial charge in [-0.25, -0.2) is 8.42 Å². The third-order valence-corrected chi connectivity index (χ3v) is 6.64. The van der Waals surface area contributed by atoms with E-state index in [-0.39, 0.29) is 23.9 Å². The van der Waals surface area contributed by atoms with Crippen molar-refractivity contribution in [1.82, 2.24) is 10.2 Å². The van der Waals surface area contributed by atoms with E-state index in [4.69, 9.17) is 21.1 Å². The molecule has 2 aromatic rings. The van der Waals surface area contributed by atoms with E-state index in [0.29, 0.717) is 10.8 Å². The number of rotatable bonds is 10. The van der Waals surface area contributed by atoms with Gasteiger partial charge in [0.2, 0.25) is 21.8 Å². The summed E-state index contributed by atoms with van der Waals surface area (Å²) >= 11 is 5.99. The van der Waals surface area contributed by atoms with Crippen LogP contribution in [0.4, 0.5) is 5.69 Å². The van der Waals surface area contributed by atoms with Crippen molar-refractivity contribution < 1.29 is 27.5 Å². The molecule has 0 saturated heterocycles. The number of hydrogen-bond donors (Lipinski definition) is 1. The van der Waals surface area contributed by atoms with Gasteiger partial charge in [0.05, 0.1) is 26.2 Å². The van der Waals surface area contributed by atoms with Crippen LogP contribution in [0.2, 0.25) is 5.02 Å². The van der Waals surface area contributed by atoms with Crippen molar-refractivity contribution in [3.05, 3.63) is 53.1 Å². The number of nitrogens with one attached hydrogen (secondary N) is 1. The van der Waals surface area contributed by atoms with Gasteiger partial charge in [0, 0.05) is 23.2 Å². The summed E-state index contributed by atoms with van der Waals surface area (Å²) in [4.78, 5) is 28.0. The van der Waals surface area contributed by atoms with Crippen molar-refractivity contribution in [2.24, 2.45) is 0 Å². The van der Waals surface area contributed by atoms with Crippen LogP contribution in [-0.2, 0) is 26.2 Å². The normalized spacial score (nSPS) is 12.4. The molecule has 0 saturated carbocycles. The Morgan fingerprint density at radius 1 is 1.06 bits per heavy atom. The van der Waals surface area contributed by atoms with Crippen LogP contribution >= 0.6 is 11.6 Å². The summed E-state index contributed by atoms with van der Waals surface area (Å²) in [6.07, 6.45) is 1.00. The molecule has 0 aliphatic rings. The van der Waals surface area contributed by atoms with Crippen LogP contribution in [0.3, 0.4) is 0 Å². The van der Waals surface area contributed by atoms with Crippen molar-refractivity contribution in [1.29, 1.82) is 0 Å². The molecule has 0 spiro atoms. The number of ether oxygens (including phenoxy) is 2. The summed E-state index contributed by atoms with van der Waals surface area (Å²) in [5.41, 5.74) is 0.388. The van der Waals surface area contributed by atoms with Crippen LogP contribution in [0.1, 0.15) is 33.3 Å². The molecule has 0 fully saturated rings. The summed E-state index contributed by atoms with van der Waals surface area (Å²) in [6.45, 7) is 6.65. The molecule has 0 aliphatic heterocycles.